The van der Waals surface area contributed by atoms with Gasteiger partial charge in [-0.3, -0.25) is 9.59 Å². The molecule has 0 unspecified atom stereocenters. The maximum atomic E-state index is 12.5. The number of nitrogens with one attached hydrogen (secondary N) is 1. The largest absolute Gasteiger partial charge is 0.508 e. The molecular weight excluding hydrogens is 334 g/mol. The zero-order chi connectivity index (χ0) is 15.0. The highest BCUT2D eigenvalue weighted by molar-refractivity contribution is 9.12. The number of hydrogen-bond acceptors (Lipinski definition) is 4. The minimum atomic E-state index is -0.245. The molecule has 4 nitrogen and oxygen atoms in total. The summed E-state index contributed by atoms with van der Waals surface area (Å²) < 4.78 is 0.208. The van der Waals surface area contributed by atoms with Crippen LogP contribution in [0.3, 0.4) is 0 Å². The lowest BCUT2D eigenvalue weighted by molar-refractivity contribution is 0.0983. The van der Waals surface area contributed by atoms with Gasteiger partial charge < -0.3 is 10.4 Å². The van der Waals surface area contributed by atoms with Crippen LogP contribution in [0.25, 0.3) is 0 Å². The number of phenolic OH excluding ortho intramolecular Hbond substituents is 1. The van der Waals surface area contributed by atoms with Crippen molar-refractivity contribution >= 4 is 33.2 Å². The van der Waals surface area contributed by atoms with Crippen LogP contribution in [0.4, 0.5) is 5.69 Å². The van der Waals surface area contributed by atoms with Gasteiger partial charge >= 0.3 is 0 Å². The van der Waals surface area contributed by atoms with E-state index in [1.165, 1.54) is 12.1 Å². The Bertz CT molecular complexity index is 778. The van der Waals surface area contributed by atoms with Gasteiger partial charge in [-0.1, -0.05) is 24.3 Å². The first-order valence-electron chi connectivity index (χ1n) is 6.22. The summed E-state index contributed by atoms with van der Waals surface area (Å²) in [5.41, 5.74) is 1.59. The second kappa shape index (κ2) is 5.18. The second-order valence-corrected chi connectivity index (χ2v) is 5.36. The summed E-state index contributed by atoms with van der Waals surface area (Å²) in [6.45, 7) is 0. The Morgan fingerprint density at radius 2 is 1.43 bits per heavy atom. The molecule has 1 aliphatic carbocycles. The first-order valence-corrected chi connectivity index (χ1v) is 7.01. The molecule has 3 rings (SSSR count). The molecule has 21 heavy (non-hydrogen) atoms. The van der Waals surface area contributed by atoms with Crippen LogP contribution in [0.5, 0.6) is 5.75 Å². The number of aromatic hydroxyl groups is 1. The number of rotatable bonds is 2. The van der Waals surface area contributed by atoms with Crippen LogP contribution in [0, 0.1) is 0 Å². The van der Waals surface area contributed by atoms with Crippen molar-refractivity contribution in [3.05, 3.63) is 69.8 Å². The highest BCUT2D eigenvalue weighted by atomic mass is 79.9. The van der Waals surface area contributed by atoms with Gasteiger partial charge in [0, 0.05) is 16.8 Å². The van der Waals surface area contributed by atoms with E-state index in [4.69, 9.17) is 0 Å². The van der Waals surface area contributed by atoms with Gasteiger partial charge in [0.2, 0.25) is 11.6 Å². The smallest absolute Gasteiger partial charge is 0.211 e. The van der Waals surface area contributed by atoms with Crippen LogP contribution in [-0.2, 0) is 0 Å². The van der Waals surface area contributed by atoms with E-state index >= 15 is 0 Å². The molecule has 0 aromatic heterocycles. The Labute approximate surface area is 129 Å². The van der Waals surface area contributed by atoms with Gasteiger partial charge in [0.05, 0.1) is 4.48 Å². The Balaban J connectivity index is 2.02. The van der Waals surface area contributed by atoms with Gasteiger partial charge in [-0.05, 0) is 40.2 Å². The molecular formula is C16H10BrNO3. The molecule has 2 aromatic rings. The van der Waals surface area contributed by atoms with Crippen molar-refractivity contribution in [1.82, 2.24) is 0 Å². The summed E-state index contributed by atoms with van der Waals surface area (Å²) in [5.74, 6) is -0.346. The maximum Gasteiger partial charge on any atom is 0.211 e. The fourth-order valence-electron chi connectivity index (χ4n) is 2.15. The highest BCUT2D eigenvalue weighted by Gasteiger charge is 2.30. The molecule has 0 spiro atoms. The van der Waals surface area contributed by atoms with Crippen molar-refractivity contribution in [3.8, 4) is 5.75 Å². The van der Waals surface area contributed by atoms with Crippen molar-refractivity contribution in [1.29, 1.82) is 0 Å². The molecule has 0 bridgehead atoms. The topological polar surface area (TPSA) is 66.4 Å². The van der Waals surface area contributed by atoms with Crippen LogP contribution < -0.4 is 5.32 Å². The number of anilines is 1. The number of Topliss-reactive ketones (excluding diaryl/α,β-unsaturated/α-hetero) is 2. The number of phenols is 1. The third kappa shape index (κ3) is 2.36. The van der Waals surface area contributed by atoms with Gasteiger partial charge in [-0.25, -0.2) is 0 Å². The molecule has 0 amide bonds. The van der Waals surface area contributed by atoms with E-state index in [0.717, 1.165) is 0 Å². The van der Waals surface area contributed by atoms with Crippen molar-refractivity contribution < 1.29 is 14.7 Å². The summed E-state index contributed by atoms with van der Waals surface area (Å²) >= 11 is 3.20. The van der Waals surface area contributed by atoms with E-state index in [2.05, 4.69) is 21.2 Å². The predicted octanol–water partition coefficient (Wildman–Crippen LogP) is 3.49. The first-order chi connectivity index (χ1) is 10.1. The van der Waals surface area contributed by atoms with Crippen molar-refractivity contribution in [2.45, 2.75) is 0 Å². The fourth-order valence-corrected chi connectivity index (χ4v) is 2.64. The maximum absolute atomic E-state index is 12.5. The number of ketones is 2. The minimum absolute atomic E-state index is 0.130. The number of allylic oxidation sites excluding steroid dienone is 2. The lowest BCUT2D eigenvalue weighted by Gasteiger charge is -2.19. The number of halogens is 1. The van der Waals surface area contributed by atoms with Crippen LogP contribution >= 0.6 is 15.9 Å². The number of hydrogen-bond donors (Lipinski definition) is 2. The number of fused-ring (bicyclic) bond motifs is 1. The summed E-state index contributed by atoms with van der Waals surface area (Å²) in [6.07, 6.45) is 0. The normalized spacial score (nSPS) is 14.1. The zero-order valence-corrected chi connectivity index (χ0v) is 12.3. The quantitative estimate of drug-likeness (QED) is 0.819. The lowest BCUT2D eigenvalue weighted by atomic mass is 9.92. The van der Waals surface area contributed by atoms with E-state index in [1.54, 1.807) is 36.4 Å². The van der Waals surface area contributed by atoms with Crippen molar-refractivity contribution in [2.24, 2.45) is 0 Å². The summed E-state index contributed by atoms with van der Waals surface area (Å²) in [7, 11) is 0. The molecule has 0 heterocycles. The Morgan fingerprint density at radius 1 is 0.857 bits per heavy atom. The molecule has 0 atom stereocenters. The first kappa shape index (κ1) is 13.6. The average Bonchev–Trinajstić information content (AvgIpc) is 2.51. The molecule has 0 fully saturated rings. The molecule has 1 aliphatic rings. The third-order valence-corrected chi connectivity index (χ3v) is 3.96. The van der Waals surface area contributed by atoms with Gasteiger partial charge in [-0.15, -0.1) is 0 Å². The summed E-state index contributed by atoms with van der Waals surface area (Å²) in [4.78, 5) is 24.8. The SMILES string of the molecule is O=C1C(Br)=C(Nc2ccc(O)cc2)C(=O)c2ccccc21. The van der Waals surface area contributed by atoms with Crippen LogP contribution in [0.1, 0.15) is 20.7 Å². The van der Waals surface area contributed by atoms with Gasteiger partial charge in [0.1, 0.15) is 11.4 Å². The Morgan fingerprint density at radius 3 is 2.05 bits per heavy atom. The van der Waals surface area contributed by atoms with Crippen LogP contribution in [0.15, 0.2) is 58.7 Å². The molecule has 0 saturated carbocycles. The van der Waals surface area contributed by atoms with Crippen molar-refractivity contribution in [3.63, 3.8) is 0 Å². The molecule has 0 saturated heterocycles. The Hall–Kier alpha value is -2.40. The monoisotopic (exact) mass is 343 g/mol. The van der Waals surface area contributed by atoms with Gasteiger partial charge in [-0.2, -0.15) is 0 Å². The van der Waals surface area contributed by atoms with E-state index in [-0.39, 0.29) is 27.5 Å². The van der Waals surface area contributed by atoms with E-state index < -0.39 is 0 Å². The molecule has 5 heteroatoms. The number of carbonyl (C=O) groups is 2. The number of carbonyl (C=O) groups excluding carboxylic acids is 2. The summed E-state index contributed by atoms with van der Waals surface area (Å²) in [6, 6.07) is 13.0. The van der Waals surface area contributed by atoms with E-state index in [9.17, 15) is 14.7 Å². The predicted molar refractivity (Wildman–Crippen MR) is 82.8 cm³/mol. The molecule has 2 N–H and O–H groups in total. The molecule has 2 aromatic carbocycles. The van der Waals surface area contributed by atoms with E-state index in [0.29, 0.717) is 16.8 Å². The van der Waals surface area contributed by atoms with Gasteiger partial charge in [0.15, 0.2) is 0 Å². The second-order valence-electron chi connectivity index (χ2n) is 4.56. The molecule has 0 radical (unpaired) electrons. The third-order valence-electron chi connectivity index (χ3n) is 3.20. The van der Waals surface area contributed by atoms with Crippen LogP contribution in [-0.4, -0.2) is 16.7 Å². The number of benzene rings is 2. The minimum Gasteiger partial charge on any atom is -0.508 e. The van der Waals surface area contributed by atoms with Gasteiger partial charge in [0.25, 0.3) is 0 Å². The highest BCUT2D eigenvalue weighted by Crippen LogP contribution is 2.30. The fraction of sp³-hybridized carbons (Fsp3) is 0. The standard InChI is InChI=1S/C16H10BrNO3/c17-13-14(18-9-5-7-10(19)8-6-9)16(21)12-4-2-1-3-11(12)15(13)20/h1-8,18-19H. The van der Waals surface area contributed by atoms with Crippen LogP contribution in [0.2, 0.25) is 0 Å². The molecule has 0 aliphatic heterocycles. The van der Waals surface area contributed by atoms with Crippen molar-refractivity contribution in [2.75, 3.05) is 5.32 Å². The summed E-state index contributed by atoms with van der Waals surface area (Å²) in [5, 5.41) is 12.2. The Kier molecular flexibility index (Phi) is 3.35. The zero-order valence-electron chi connectivity index (χ0n) is 10.8. The lowest BCUT2D eigenvalue weighted by Crippen LogP contribution is -2.24. The molecule has 104 valence electrons. The van der Waals surface area contributed by atoms with E-state index in [1.807, 2.05) is 0 Å². The average molecular weight is 344 g/mol.